The summed E-state index contributed by atoms with van der Waals surface area (Å²) in [4.78, 5) is 29.5. The van der Waals surface area contributed by atoms with Gasteiger partial charge >= 0.3 is 6.09 Å². The van der Waals surface area contributed by atoms with Crippen molar-refractivity contribution in [3.8, 4) is 0 Å². The molecule has 162 valence electrons. The fourth-order valence-electron chi connectivity index (χ4n) is 3.96. The summed E-state index contributed by atoms with van der Waals surface area (Å²) < 4.78 is 11.0. The molecule has 3 N–H and O–H groups in total. The number of carbonyl (C=O) groups excluding carboxylic acids is 2. The fraction of sp³-hybridized carbons (Fsp3) is 0.600. The minimum atomic E-state index is -0.385. The first kappa shape index (κ1) is 20.8. The topological polar surface area (TPSA) is 118 Å². The first-order chi connectivity index (χ1) is 14.4. The zero-order valence-corrected chi connectivity index (χ0v) is 18.0. The van der Waals surface area contributed by atoms with E-state index in [0.717, 1.165) is 41.3 Å². The standard InChI is InChI=1S/C20H27N5O4S/c1-12-21-10-15(30-12)8-18(26)22-17-9-16(24-25-17)13-3-4-14(7-13)29-19(27)23-20(2)5-6-28-11-20/h9-10,13-14H,3-8,11H2,1-2H3,(H,23,27)(H2,22,24,25,26)/t13-,14+,20?/m0/s1. The van der Waals surface area contributed by atoms with E-state index < -0.39 is 0 Å². The molecule has 3 atom stereocenters. The number of aromatic amines is 1. The molecule has 0 spiro atoms. The van der Waals surface area contributed by atoms with Gasteiger partial charge in [-0.15, -0.1) is 11.3 Å². The van der Waals surface area contributed by atoms with Crippen LogP contribution in [-0.4, -0.2) is 52.0 Å². The Bertz CT molecular complexity index is 905. The van der Waals surface area contributed by atoms with Crippen LogP contribution in [0.3, 0.4) is 0 Å². The molecule has 1 unspecified atom stereocenters. The zero-order valence-electron chi connectivity index (χ0n) is 17.2. The molecule has 9 nitrogen and oxygen atoms in total. The molecule has 0 aromatic carbocycles. The highest BCUT2D eigenvalue weighted by Gasteiger charge is 2.34. The highest BCUT2D eigenvalue weighted by Crippen LogP contribution is 2.36. The van der Waals surface area contributed by atoms with Crippen molar-refractivity contribution in [2.75, 3.05) is 18.5 Å². The maximum atomic E-state index is 12.2. The lowest BCUT2D eigenvalue weighted by atomic mass is 10.0. The Labute approximate surface area is 178 Å². The van der Waals surface area contributed by atoms with Gasteiger partial charge < -0.3 is 20.1 Å². The highest BCUT2D eigenvalue weighted by atomic mass is 32.1. The van der Waals surface area contributed by atoms with E-state index >= 15 is 0 Å². The number of amides is 2. The lowest BCUT2D eigenvalue weighted by Crippen LogP contribution is -2.47. The van der Waals surface area contributed by atoms with Gasteiger partial charge in [-0.3, -0.25) is 9.89 Å². The number of H-pyrrole nitrogens is 1. The molecule has 1 saturated carbocycles. The van der Waals surface area contributed by atoms with E-state index in [9.17, 15) is 9.59 Å². The smallest absolute Gasteiger partial charge is 0.407 e. The van der Waals surface area contributed by atoms with Crippen molar-refractivity contribution in [1.82, 2.24) is 20.5 Å². The van der Waals surface area contributed by atoms with E-state index in [1.54, 1.807) is 6.20 Å². The van der Waals surface area contributed by atoms with Crippen LogP contribution in [0.2, 0.25) is 0 Å². The predicted octanol–water partition coefficient (Wildman–Crippen LogP) is 2.90. The molecule has 2 fully saturated rings. The first-order valence-corrected chi connectivity index (χ1v) is 11.0. The zero-order chi connectivity index (χ0) is 21.1. The third kappa shape index (κ3) is 5.17. The van der Waals surface area contributed by atoms with Crippen molar-refractivity contribution in [1.29, 1.82) is 0 Å². The Morgan fingerprint density at radius 2 is 2.30 bits per heavy atom. The van der Waals surface area contributed by atoms with Gasteiger partial charge in [0, 0.05) is 35.4 Å². The third-order valence-corrected chi connectivity index (χ3v) is 6.50. The Hall–Kier alpha value is -2.46. The SMILES string of the molecule is Cc1ncc(CC(=O)Nc2cc([C@H]3CC[C@@H](OC(=O)NC4(C)CCOC4)C3)[nH]n2)s1. The van der Waals surface area contributed by atoms with Crippen molar-refractivity contribution >= 4 is 29.2 Å². The average molecular weight is 434 g/mol. The summed E-state index contributed by atoms with van der Waals surface area (Å²) in [5.41, 5.74) is 0.602. The molecule has 0 radical (unpaired) electrons. The van der Waals surface area contributed by atoms with Crippen molar-refractivity contribution < 1.29 is 19.1 Å². The number of ether oxygens (including phenoxy) is 2. The van der Waals surface area contributed by atoms with Crippen LogP contribution in [0, 0.1) is 6.92 Å². The van der Waals surface area contributed by atoms with Gasteiger partial charge in [-0.2, -0.15) is 5.10 Å². The Morgan fingerprint density at radius 3 is 3.03 bits per heavy atom. The van der Waals surface area contributed by atoms with Crippen molar-refractivity contribution in [3.63, 3.8) is 0 Å². The number of carbonyl (C=O) groups is 2. The van der Waals surface area contributed by atoms with E-state index in [0.29, 0.717) is 19.0 Å². The van der Waals surface area contributed by atoms with Gasteiger partial charge in [0.2, 0.25) is 5.91 Å². The molecule has 1 aliphatic carbocycles. The van der Waals surface area contributed by atoms with Crippen LogP contribution >= 0.6 is 11.3 Å². The molecule has 30 heavy (non-hydrogen) atoms. The average Bonchev–Trinajstić information content (AvgIpc) is 3.45. The third-order valence-electron chi connectivity index (χ3n) is 5.59. The Balaban J connectivity index is 1.25. The number of hydrogen-bond acceptors (Lipinski definition) is 7. The molecule has 2 amide bonds. The van der Waals surface area contributed by atoms with Crippen molar-refractivity contribution in [2.24, 2.45) is 0 Å². The Kier molecular flexibility index (Phi) is 6.05. The summed E-state index contributed by atoms with van der Waals surface area (Å²) in [5, 5.41) is 13.9. The number of nitrogens with one attached hydrogen (secondary N) is 3. The normalized spacial score (nSPS) is 25.9. The number of nitrogens with zero attached hydrogens (tertiary/aromatic N) is 2. The number of hydrogen-bond donors (Lipinski definition) is 3. The molecule has 0 bridgehead atoms. The van der Waals surface area contributed by atoms with E-state index in [2.05, 4.69) is 25.8 Å². The number of aryl methyl sites for hydroxylation is 1. The molecule has 4 rings (SSSR count). The maximum absolute atomic E-state index is 12.2. The van der Waals surface area contributed by atoms with E-state index in [4.69, 9.17) is 9.47 Å². The molecule has 2 aliphatic rings. The van der Waals surface area contributed by atoms with E-state index in [1.165, 1.54) is 11.3 Å². The second kappa shape index (κ2) is 8.73. The quantitative estimate of drug-likeness (QED) is 0.645. The van der Waals surface area contributed by atoms with Crippen LogP contribution in [-0.2, 0) is 20.7 Å². The monoisotopic (exact) mass is 433 g/mol. The molecule has 3 heterocycles. The number of thiazole rings is 1. The highest BCUT2D eigenvalue weighted by molar-refractivity contribution is 7.11. The van der Waals surface area contributed by atoms with Crippen LogP contribution in [0.1, 0.15) is 54.1 Å². The lowest BCUT2D eigenvalue weighted by molar-refractivity contribution is -0.115. The van der Waals surface area contributed by atoms with Gasteiger partial charge in [0.05, 0.1) is 23.6 Å². The van der Waals surface area contributed by atoms with Gasteiger partial charge in [-0.05, 0) is 39.5 Å². The number of anilines is 1. The van der Waals surface area contributed by atoms with Crippen LogP contribution in [0.15, 0.2) is 12.3 Å². The van der Waals surface area contributed by atoms with Crippen LogP contribution < -0.4 is 10.6 Å². The molecular formula is C20H27N5O4S. The number of aromatic nitrogens is 3. The molecule has 1 aliphatic heterocycles. The molecule has 1 saturated heterocycles. The van der Waals surface area contributed by atoms with Crippen molar-refractivity contribution in [2.45, 2.75) is 63.5 Å². The fourth-order valence-corrected chi connectivity index (χ4v) is 4.76. The van der Waals surface area contributed by atoms with Gasteiger partial charge in [-0.25, -0.2) is 9.78 Å². The van der Waals surface area contributed by atoms with Gasteiger partial charge in [0.1, 0.15) is 6.10 Å². The predicted molar refractivity (Wildman–Crippen MR) is 112 cm³/mol. The summed E-state index contributed by atoms with van der Waals surface area (Å²) in [5.74, 6) is 0.605. The van der Waals surface area contributed by atoms with Gasteiger partial charge in [-0.1, -0.05) is 0 Å². The van der Waals surface area contributed by atoms with Crippen LogP contribution in [0.25, 0.3) is 0 Å². The maximum Gasteiger partial charge on any atom is 0.407 e. The number of alkyl carbamates (subject to hydrolysis) is 1. The second-order valence-electron chi connectivity index (χ2n) is 8.30. The summed E-state index contributed by atoms with van der Waals surface area (Å²) in [7, 11) is 0. The van der Waals surface area contributed by atoms with Gasteiger partial charge in [0.25, 0.3) is 0 Å². The number of rotatable bonds is 6. The Morgan fingerprint density at radius 1 is 1.43 bits per heavy atom. The molecule has 2 aromatic rings. The summed E-state index contributed by atoms with van der Waals surface area (Å²) in [6.07, 6.45) is 4.72. The minimum Gasteiger partial charge on any atom is -0.446 e. The second-order valence-corrected chi connectivity index (χ2v) is 9.62. The lowest BCUT2D eigenvalue weighted by Gasteiger charge is -2.24. The summed E-state index contributed by atoms with van der Waals surface area (Å²) in [6, 6.07) is 1.86. The summed E-state index contributed by atoms with van der Waals surface area (Å²) in [6.45, 7) is 5.05. The van der Waals surface area contributed by atoms with Crippen molar-refractivity contribution in [3.05, 3.63) is 27.8 Å². The molecular weight excluding hydrogens is 406 g/mol. The molecule has 10 heteroatoms. The molecule has 2 aromatic heterocycles. The van der Waals surface area contributed by atoms with E-state index in [-0.39, 0.29) is 36.0 Å². The first-order valence-electron chi connectivity index (χ1n) is 10.2. The summed E-state index contributed by atoms with van der Waals surface area (Å²) >= 11 is 1.51. The minimum absolute atomic E-state index is 0.120. The van der Waals surface area contributed by atoms with Crippen LogP contribution in [0.4, 0.5) is 10.6 Å². The van der Waals surface area contributed by atoms with Gasteiger partial charge in [0.15, 0.2) is 5.82 Å². The van der Waals surface area contributed by atoms with Crippen LogP contribution in [0.5, 0.6) is 0 Å². The largest absolute Gasteiger partial charge is 0.446 e. The van der Waals surface area contributed by atoms with E-state index in [1.807, 2.05) is 19.9 Å².